The number of benzene rings is 2. The van der Waals surface area contributed by atoms with Gasteiger partial charge in [-0.05, 0) is 42.5 Å². The summed E-state index contributed by atoms with van der Waals surface area (Å²) in [6, 6.07) is 9.75. The zero-order valence-corrected chi connectivity index (χ0v) is 21.0. The maximum absolute atomic E-state index is 12.5. The van der Waals surface area contributed by atoms with E-state index in [1.807, 2.05) is 0 Å². The minimum atomic E-state index is -3.95. The van der Waals surface area contributed by atoms with Gasteiger partial charge in [-0.3, -0.25) is 9.59 Å². The highest BCUT2D eigenvalue weighted by Crippen LogP contribution is 2.22. The van der Waals surface area contributed by atoms with Gasteiger partial charge in [-0.15, -0.1) is 0 Å². The number of esters is 1. The predicted molar refractivity (Wildman–Crippen MR) is 127 cm³/mol. The van der Waals surface area contributed by atoms with Crippen molar-refractivity contribution in [1.29, 1.82) is 0 Å². The van der Waals surface area contributed by atoms with E-state index in [4.69, 9.17) is 16.7 Å². The number of sulfone groups is 1. The average molecular weight is 546 g/mol. The lowest BCUT2D eigenvalue weighted by atomic mass is 10.3. The number of nitrogens with zero attached hydrogens (tertiary/aromatic N) is 2. The van der Waals surface area contributed by atoms with Crippen molar-refractivity contribution in [3.63, 3.8) is 0 Å². The lowest BCUT2D eigenvalue weighted by molar-refractivity contribution is -0.140. The van der Waals surface area contributed by atoms with Gasteiger partial charge >= 0.3 is 5.97 Å². The van der Waals surface area contributed by atoms with Gasteiger partial charge < -0.3 is 9.30 Å². The first-order valence-corrected chi connectivity index (χ1v) is 14.1. The number of ether oxygens (including phenoxy) is 1. The fraction of sp³-hybridized carbons (Fsp3) is 0.250. The van der Waals surface area contributed by atoms with Gasteiger partial charge in [-0.1, -0.05) is 22.9 Å². The van der Waals surface area contributed by atoms with Crippen molar-refractivity contribution >= 4 is 64.9 Å². The van der Waals surface area contributed by atoms with Crippen LogP contribution in [0.25, 0.3) is 10.2 Å². The van der Waals surface area contributed by atoms with E-state index in [2.05, 4.69) is 9.73 Å². The fourth-order valence-electron chi connectivity index (χ4n) is 2.98. The van der Waals surface area contributed by atoms with Crippen LogP contribution in [-0.4, -0.2) is 46.1 Å². The van der Waals surface area contributed by atoms with Gasteiger partial charge in [0.25, 0.3) is 0 Å². The Morgan fingerprint density at radius 2 is 1.71 bits per heavy atom. The Balaban J connectivity index is 1.93. The van der Waals surface area contributed by atoms with Crippen molar-refractivity contribution < 1.29 is 31.2 Å². The van der Waals surface area contributed by atoms with Crippen LogP contribution in [0.1, 0.15) is 12.8 Å². The number of nitrogens with two attached hydrogens (primary N) is 1. The molecule has 1 heterocycles. The molecule has 0 aliphatic rings. The number of carbonyl (C=O) groups excluding carboxylic acids is 2. The Bertz CT molecular complexity index is 1520. The summed E-state index contributed by atoms with van der Waals surface area (Å²) in [5.74, 6) is -1.64. The van der Waals surface area contributed by atoms with Crippen molar-refractivity contribution in [1.82, 2.24) is 4.57 Å². The fourth-order valence-corrected chi connectivity index (χ4v) is 6.06. The third kappa shape index (κ3) is 6.30. The SMILES string of the molecule is COC(=O)CCn1c(=NC(=O)CCS(=O)(=O)c2ccc(Cl)cc2)sc2cc(S(N)(=O)=O)ccc21. The van der Waals surface area contributed by atoms with Crippen LogP contribution < -0.4 is 9.94 Å². The maximum Gasteiger partial charge on any atom is 0.307 e. The first-order chi connectivity index (χ1) is 15.9. The van der Waals surface area contributed by atoms with E-state index >= 15 is 0 Å². The minimum Gasteiger partial charge on any atom is -0.469 e. The first-order valence-electron chi connectivity index (χ1n) is 9.69. The van der Waals surface area contributed by atoms with Gasteiger partial charge in [0.2, 0.25) is 15.9 Å². The van der Waals surface area contributed by atoms with Crippen LogP contribution in [0.4, 0.5) is 0 Å². The molecule has 0 bridgehead atoms. The number of sulfonamides is 1. The largest absolute Gasteiger partial charge is 0.469 e. The van der Waals surface area contributed by atoms with E-state index in [1.54, 1.807) is 4.57 Å². The number of methoxy groups -OCH3 is 1. The Morgan fingerprint density at radius 3 is 2.32 bits per heavy atom. The Labute approximate surface area is 204 Å². The van der Waals surface area contributed by atoms with E-state index in [-0.39, 0.29) is 34.0 Å². The third-order valence-electron chi connectivity index (χ3n) is 4.73. The van der Waals surface area contributed by atoms with E-state index in [1.165, 1.54) is 49.6 Å². The highest BCUT2D eigenvalue weighted by atomic mass is 35.5. The smallest absolute Gasteiger partial charge is 0.307 e. The summed E-state index contributed by atoms with van der Waals surface area (Å²) in [5, 5.41) is 5.58. The second-order valence-electron chi connectivity index (χ2n) is 7.07. The summed E-state index contributed by atoms with van der Waals surface area (Å²) in [7, 11) is -6.44. The van der Waals surface area contributed by atoms with Crippen LogP contribution >= 0.6 is 22.9 Å². The molecule has 0 fully saturated rings. The Morgan fingerprint density at radius 1 is 1.06 bits per heavy atom. The molecule has 0 spiro atoms. The second kappa shape index (κ2) is 10.4. The van der Waals surface area contributed by atoms with E-state index in [0.29, 0.717) is 15.2 Å². The molecule has 0 saturated carbocycles. The van der Waals surface area contributed by atoms with E-state index in [9.17, 15) is 26.4 Å². The zero-order chi connectivity index (χ0) is 25.1. The number of aryl methyl sites for hydroxylation is 1. The quantitative estimate of drug-likeness (QED) is 0.423. The Kier molecular flexibility index (Phi) is 7.93. The molecule has 2 N–H and O–H groups in total. The molecule has 34 heavy (non-hydrogen) atoms. The lowest BCUT2D eigenvalue weighted by Crippen LogP contribution is -2.20. The van der Waals surface area contributed by atoms with Gasteiger partial charge in [-0.25, -0.2) is 22.0 Å². The van der Waals surface area contributed by atoms with E-state index < -0.39 is 37.5 Å². The molecule has 2 aromatic carbocycles. The van der Waals surface area contributed by atoms with Crippen LogP contribution in [0.15, 0.2) is 57.2 Å². The number of rotatable bonds is 8. The van der Waals surface area contributed by atoms with E-state index in [0.717, 1.165) is 11.3 Å². The molecule has 0 radical (unpaired) electrons. The topological polar surface area (TPSA) is 155 Å². The summed E-state index contributed by atoms with van der Waals surface area (Å²) < 4.78 is 55.0. The summed E-state index contributed by atoms with van der Waals surface area (Å²) >= 11 is 6.79. The minimum absolute atomic E-state index is 0.0222. The first kappa shape index (κ1) is 26.0. The van der Waals surface area contributed by atoms with Gasteiger partial charge in [-0.2, -0.15) is 4.99 Å². The number of fused-ring (bicyclic) bond motifs is 1. The number of thiazole rings is 1. The van der Waals surface area contributed by atoms with Crippen molar-refractivity contribution in [2.45, 2.75) is 29.2 Å². The number of hydrogen-bond donors (Lipinski definition) is 1. The van der Waals surface area contributed by atoms with Crippen LogP contribution in [0.2, 0.25) is 5.02 Å². The standard InChI is InChI=1S/C20H20ClN3O7S3/c1-31-19(26)8-10-24-16-7-6-15(34(22,29)30)12-17(16)32-20(24)23-18(25)9-11-33(27,28)14-4-2-13(21)3-5-14/h2-7,12H,8-11H2,1H3,(H2,22,29,30). The number of hydrogen-bond acceptors (Lipinski definition) is 8. The summed E-state index contributed by atoms with van der Waals surface area (Å²) in [5.41, 5.74) is 0.529. The van der Waals surface area contributed by atoms with Crippen molar-refractivity contribution in [3.8, 4) is 0 Å². The second-order valence-corrected chi connectivity index (χ2v) is 12.2. The highest BCUT2D eigenvalue weighted by molar-refractivity contribution is 7.91. The molecule has 3 rings (SSSR count). The summed E-state index contributed by atoms with van der Waals surface area (Å²) in [6.45, 7) is 0.108. The van der Waals surface area contributed by atoms with Gasteiger partial charge in [0.05, 0.1) is 39.3 Å². The summed E-state index contributed by atoms with van der Waals surface area (Å²) in [6.07, 6.45) is -0.399. The number of primary sulfonamides is 1. The molecule has 3 aromatic rings. The number of amides is 1. The highest BCUT2D eigenvalue weighted by Gasteiger charge is 2.18. The molecule has 1 aromatic heterocycles. The van der Waals surface area contributed by atoms with Crippen molar-refractivity contribution in [3.05, 3.63) is 52.3 Å². The van der Waals surface area contributed by atoms with Crippen LogP contribution in [0, 0.1) is 0 Å². The van der Waals surface area contributed by atoms with Crippen molar-refractivity contribution in [2.75, 3.05) is 12.9 Å². The zero-order valence-electron chi connectivity index (χ0n) is 17.8. The molecule has 0 atom stereocenters. The molecule has 0 aliphatic carbocycles. The van der Waals surface area contributed by atoms with Crippen LogP contribution in [0.5, 0.6) is 0 Å². The molecule has 1 amide bonds. The number of halogens is 1. The average Bonchev–Trinajstić information content (AvgIpc) is 3.11. The molecule has 0 saturated heterocycles. The van der Waals surface area contributed by atoms with Crippen LogP contribution in [0.3, 0.4) is 0 Å². The molecule has 14 heteroatoms. The molecule has 0 aliphatic heterocycles. The van der Waals surface area contributed by atoms with Crippen LogP contribution in [-0.2, 0) is 40.7 Å². The lowest BCUT2D eigenvalue weighted by Gasteiger charge is -2.05. The van der Waals surface area contributed by atoms with Gasteiger partial charge in [0.15, 0.2) is 14.6 Å². The predicted octanol–water partition coefficient (Wildman–Crippen LogP) is 1.86. The number of aromatic nitrogens is 1. The van der Waals surface area contributed by atoms with Gasteiger partial charge in [0, 0.05) is 18.0 Å². The third-order valence-corrected chi connectivity index (χ3v) is 8.66. The molecule has 182 valence electrons. The van der Waals surface area contributed by atoms with Gasteiger partial charge in [0.1, 0.15) is 0 Å². The Hall–Kier alpha value is -2.58. The van der Waals surface area contributed by atoms with Crippen molar-refractivity contribution in [2.24, 2.45) is 10.1 Å². The summed E-state index contributed by atoms with van der Waals surface area (Å²) in [4.78, 5) is 28.3. The molecule has 0 unspecified atom stereocenters. The molecular formula is C20H20ClN3O7S3. The number of carbonyl (C=O) groups is 2. The normalized spacial score (nSPS) is 12.7. The monoisotopic (exact) mass is 545 g/mol. The maximum atomic E-state index is 12.5. The molecular weight excluding hydrogens is 526 g/mol. The molecule has 10 nitrogen and oxygen atoms in total.